The van der Waals surface area contributed by atoms with Gasteiger partial charge < -0.3 is 15.5 Å². The summed E-state index contributed by atoms with van der Waals surface area (Å²) in [4.78, 5) is 37.3. The largest absolute Gasteiger partial charge is 0.368 e. The van der Waals surface area contributed by atoms with E-state index in [0.717, 1.165) is 12.8 Å². The molecule has 2 aliphatic heterocycles. The molecule has 0 aromatic rings. The number of nitrogens with two attached hydrogens (primary N) is 1. The highest BCUT2D eigenvalue weighted by molar-refractivity contribution is 5.87. The van der Waals surface area contributed by atoms with Crippen molar-refractivity contribution in [1.29, 1.82) is 0 Å². The number of amides is 3. The molecule has 0 aromatic heterocycles. The van der Waals surface area contributed by atoms with Crippen LogP contribution in [0.25, 0.3) is 0 Å². The number of carbonyl (C=O) groups is 3. The average molecular weight is 392 g/mol. The molecular weight excluding hydrogens is 354 g/mol. The third-order valence-corrected chi connectivity index (χ3v) is 4.95. The quantitative estimate of drug-likeness (QED) is 0.751. The number of hydrogen-bond donors (Lipinski definition) is 1. The van der Waals surface area contributed by atoms with Crippen LogP contribution < -0.4 is 5.73 Å². The highest BCUT2D eigenvalue weighted by Crippen LogP contribution is 2.24. The first-order chi connectivity index (χ1) is 12.3. The lowest BCUT2D eigenvalue weighted by Crippen LogP contribution is -2.46. The molecule has 2 N–H and O–H groups in total. The Balaban J connectivity index is 0. The first kappa shape index (κ1) is 27.7. The van der Waals surface area contributed by atoms with Gasteiger partial charge in [-0.2, -0.15) is 0 Å². The lowest BCUT2D eigenvalue weighted by molar-refractivity contribution is -0.138. The standard InChI is InChI=1S/C10H14N2O2.C10H15NO.2CH4/c1-3-7-5-6-8(10(11)14)12(7)9(13)4-2;1-4-9-7-6-8(3)11(9)10(12)5-2;;/h1,7-8H,4-6H2,2H3,(H2,11,14);1,8-9H,5-7H2,2-3H3;2*1H4/t7-,8-;8-,9+;;/m01../s1. The minimum Gasteiger partial charge on any atom is -0.368 e. The van der Waals surface area contributed by atoms with Gasteiger partial charge >= 0.3 is 0 Å². The molecule has 0 spiro atoms. The van der Waals surface area contributed by atoms with Gasteiger partial charge in [0.25, 0.3) is 0 Å². The van der Waals surface area contributed by atoms with Crippen LogP contribution in [0.3, 0.4) is 0 Å². The summed E-state index contributed by atoms with van der Waals surface area (Å²) in [6, 6.07) is -0.394. The van der Waals surface area contributed by atoms with Crippen molar-refractivity contribution < 1.29 is 14.4 Å². The zero-order chi connectivity index (χ0) is 19.9. The van der Waals surface area contributed by atoms with E-state index in [-0.39, 0.29) is 38.8 Å². The van der Waals surface area contributed by atoms with Gasteiger partial charge in [-0.25, -0.2) is 0 Å². The molecule has 0 aliphatic carbocycles. The van der Waals surface area contributed by atoms with Crippen LogP contribution in [0.4, 0.5) is 0 Å². The fourth-order valence-electron chi connectivity index (χ4n) is 3.53. The van der Waals surface area contributed by atoms with Crippen molar-refractivity contribution in [2.75, 3.05) is 0 Å². The summed E-state index contributed by atoms with van der Waals surface area (Å²) < 4.78 is 0. The SMILES string of the molecule is C.C.C#C[C@H]1CC[C@@H](C(N)=O)N1C(=O)CC.C#C[C@H]1CC[C@@H](C)N1C(=O)CC. The summed E-state index contributed by atoms with van der Waals surface area (Å²) in [7, 11) is 0. The molecule has 2 aliphatic rings. The molecule has 0 radical (unpaired) electrons. The molecule has 28 heavy (non-hydrogen) atoms. The second-order valence-electron chi connectivity index (χ2n) is 6.60. The Labute approximate surface area is 171 Å². The Hall–Kier alpha value is -2.47. The van der Waals surface area contributed by atoms with E-state index in [9.17, 15) is 14.4 Å². The molecule has 158 valence electrons. The number of likely N-dealkylation sites (tertiary alicyclic amines) is 2. The topological polar surface area (TPSA) is 83.7 Å². The molecule has 2 fully saturated rings. The normalized spacial score (nSPS) is 25.2. The lowest BCUT2D eigenvalue weighted by atomic mass is 10.2. The summed E-state index contributed by atoms with van der Waals surface area (Å²) in [5.74, 6) is 4.79. The maximum atomic E-state index is 11.5. The predicted octanol–water partition coefficient (Wildman–Crippen LogP) is 2.56. The van der Waals surface area contributed by atoms with Crippen LogP contribution >= 0.6 is 0 Å². The fraction of sp³-hybridized carbons (Fsp3) is 0.682. The number of nitrogens with zero attached hydrogens (tertiary/aromatic N) is 2. The summed E-state index contributed by atoms with van der Waals surface area (Å²) in [6.07, 6.45) is 14.8. The molecule has 2 saturated heterocycles. The molecule has 6 nitrogen and oxygen atoms in total. The molecule has 2 heterocycles. The molecule has 0 unspecified atom stereocenters. The van der Waals surface area contributed by atoms with Crippen molar-refractivity contribution in [2.45, 2.75) is 98.3 Å². The van der Waals surface area contributed by atoms with E-state index < -0.39 is 11.9 Å². The molecule has 0 saturated carbocycles. The molecule has 3 amide bonds. The number of carbonyl (C=O) groups excluding carboxylic acids is 3. The molecule has 0 bridgehead atoms. The monoisotopic (exact) mass is 391 g/mol. The molecule has 0 aromatic carbocycles. The summed E-state index contributed by atoms with van der Waals surface area (Å²) in [6.45, 7) is 5.68. The Morgan fingerprint density at radius 3 is 1.75 bits per heavy atom. The first-order valence-electron chi connectivity index (χ1n) is 9.16. The van der Waals surface area contributed by atoms with Crippen LogP contribution in [0.15, 0.2) is 0 Å². The smallest absolute Gasteiger partial charge is 0.240 e. The van der Waals surface area contributed by atoms with E-state index >= 15 is 0 Å². The Morgan fingerprint density at radius 1 is 0.893 bits per heavy atom. The van der Waals surface area contributed by atoms with Crippen molar-refractivity contribution >= 4 is 17.7 Å². The third-order valence-electron chi connectivity index (χ3n) is 4.95. The summed E-state index contributed by atoms with van der Waals surface area (Å²) in [5, 5.41) is 0. The number of terminal acetylenes is 2. The number of rotatable bonds is 3. The summed E-state index contributed by atoms with van der Waals surface area (Å²) in [5.41, 5.74) is 5.20. The van der Waals surface area contributed by atoms with Gasteiger partial charge in [-0.15, -0.1) is 12.8 Å². The minimum absolute atomic E-state index is 0. The average Bonchev–Trinajstić information content (AvgIpc) is 3.24. The van der Waals surface area contributed by atoms with Crippen molar-refractivity contribution in [2.24, 2.45) is 5.73 Å². The zero-order valence-electron chi connectivity index (χ0n) is 15.9. The Bertz CT molecular complexity index is 617. The van der Waals surface area contributed by atoms with Gasteiger partial charge in [-0.05, 0) is 32.6 Å². The predicted molar refractivity (Wildman–Crippen MR) is 114 cm³/mol. The van der Waals surface area contributed by atoms with Gasteiger partial charge in [0.2, 0.25) is 17.7 Å². The van der Waals surface area contributed by atoms with Gasteiger partial charge in [0, 0.05) is 18.9 Å². The van der Waals surface area contributed by atoms with Crippen molar-refractivity contribution in [1.82, 2.24) is 9.80 Å². The van der Waals surface area contributed by atoms with E-state index in [1.165, 1.54) is 4.90 Å². The maximum absolute atomic E-state index is 11.5. The highest BCUT2D eigenvalue weighted by Gasteiger charge is 2.38. The van der Waals surface area contributed by atoms with Crippen LogP contribution in [0.1, 0.15) is 74.1 Å². The molecule has 6 heteroatoms. The molecule has 2 rings (SSSR count). The van der Waals surface area contributed by atoms with Crippen molar-refractivity contribution in [3.05, 3.63) is 0 Å². The summed E-state index contributed by atoms with van der Waals surface area (Å²) >= 11 is 0. The van der Waals surface area contributed by atoms with Gasteiger partial charge in [0.05, 0.1) is 12.1 Å². The van der Waals surface area contributed by atoms with Gasteiger partial charge in [-0.1, -0.05) is 40.5 Å². The molecule has 4 atom stereocenters. The Kier molecular flexibility index (Phi) is 12.7. The number of hydrogen-bond acceptors (Lipinski definition) is 3. The van der Waals surface area contributed by atoms with Gasteiger partial charge in [0.15, 0.2) is 0 Å². The molecular formula is C22H37N3O3. The maximum Gasteiger partial charge on any atom is 0.240 e. The fourth-order valence-corrected chi connectivity index (χ4v) is 3.53. The van der Waals surface area contributed by atoms with E-state index in [2.05, 4.69) is 18.8 Å². The van der Waals surface area contributed by atoms with Crippen LogP contribution in [0, 0.1) is 24.7 Å². The lowest BCUT2D eigenvalue weighted by Gasteiger charge is -2.25. The van der Waals surface area contributed by atoms with Crippen LogP contribution in [0.5, 0.6) is 0 Å². The van der Waals surface area contributed by atoms with Gasteiger partial charge in [0.1, 0.15) is 6.04 Å². The highest BCUT2D eigenvalue weighted by atomic mass is 16.2. The second-order valence-corrected chi connectivity index (χ2v) is 6.60. The van der Waals surface area contributed by atoms with Crippen molar-refractivity contribution in [3.8, 4) is 24.7 Å². The van der Waals surface area contributed by atoms with Crippen molar-refractivity contribution in [3.63, 3.8) is 0 Å². The second kappa shape index (κ2) is 12.8. The van der Waals surface area contributed by atoms with E-state index in [1.807, 2.05) is 11.8 Å². The van der Waals surface area contributed by atoms with E-state index in [4.69, 9.17) is 18.6 Å². The zero-order valence-corrected chi connectivity index (χ0v) is 15.9. The third kappa shape index (κ3) is 6.30. The van der Waals surface area contributed by atoms with Crippen LogP contribution in [-0.4, -0.2) is 51.7 Å². The Morgan fingerprint density at radius 2 is 1.32 bits per heavy atom. The van der Waals surface area contributed by atoms with Crippen LogP contribution in [-0.2, 0) is 14.4 Å². The number of primary amides is 1. The first-order valence-corrected chi connectivity index (χ1v) is 9.16. The van der Waals surface area contributed by atoms with E-state index in [1.54, 1.807) is 6.92 Å². The minimum atomic E-state index is -0.511. The van der Waals surface area contributed by atoms with Crippen LogP contribution in [0.2, 0.25) is 0 Å². The van der Waals surface area contributed by atoms with E-state index in [0.29, 0.717) is 31.7 Å². The van der Waals surface area contributed by atoms with Gasteiger partial charge in [-0.3, -0.25) is 14.4 Å².